The van der Waals surface area contributed by atoms with E-state index in [0.717, 1.165) is 5.56 Å². The summed E-state index contributed by atoms with van der Waals surface area (Å²) in [4.78, 5) is 12.7. The minimum absolute atomic E-state index is 0.00255. The SMILES string of the molecule is CC(C)(C)c1ccc2c(c1)OCOc1ccccc1C2=O. The Bertz CT molecular complexity index is 696. The van der Waals surface area contributed by atoms with Gasteiger partial charge in [-0.05, 0) is 35.2 Å². The molecule has 3 nitrogen and oxygen atoms in total. The molecule has 0 radical (unpaired) electrons. The molecule has 0 spiro atoms. The lowest BCUT2D eigenvalue weighted by atomic mass is 9.85. The summed E-state index contributed by atoms with van der Waals surface area (Å²) in [7, 11) is 0. The van der Waals surface area contributed by atoms with Gasteiger partial charge in [0.2, 0.25) is 6.79 Å². The van der Waals surface area contributed by atoms with Crippen LogP contribution in [-0.4, -0.2) is 12.6 Å². The Morgan fingerprint density at radius 1 is 0.905 bits per heavy atom. The van der Waals surface area contributed by atoms with Gasteiger partial charge in [-0.15, -0.1) is 0 Å². The lowest BCUT2D eigenvalue weighted by Gasteiger charge is -2.23. The van der Waals surface area contributed by atoms with Crippen molar-refractivity contribution in [3.8, 4) is 11.5 Å². The van der Waals surface area contributed by atoms with Gasteiger partial charge in [0.25, 0.3) is 0 Å². The zero-order valence-electron chi connectivity index (χ0n) is 12.5. The fourth-order valence-electron chi connectivity index (χ4n) is 2.38. The van der Waals surface area contributed by atoms with Crippen LogP contribution in [0.3, 0.4) is 0 Å². The molecule has 21 heavy (non-hydrogen) atoms. The molecule has 108 valence electrons. The van der Waals surface area contributed by atoms with Gasteiger partial charge in [-0.25, -0.2) is 0 Å². The van der Waals surface area contributed by atoms with E-state index in [9.17, 15) is 4.79 Å². The molecule has 3 rings (SSSR count). The van der Waals surface area contributed by atoms with Gasteiger partial charge in [0.15, 0.2) is 5.78 Å². The van der Waals surface area contributed by atoms with Gasteiger partial charge in [-0.1, -0.05) is 39.0 Å². The maximum absolute atomic E-state index is 12.7. The smallest absolute Gasteiger partial charge is 0.230 e. The summed E-state index contributed by atoms with van der Waals surface area (Å²) in [6, 6.07) is 13.0. The third-order valence-electron chi connectivity index (χ3n) is 3.65. The number of rotatable bonds is 0. The van der Waals surface area contributed by atoms with Gasteiger partial charge in [0.05, 0.1) is 11.1 Å². The van der Waals surface area contributed by atoms with Crippen LogP contribution in [0.15, 0.2) is 42.5 Å². The summed E-state index contributed by atoms with van der Waals surface area (Å²) < 4.78 is 11.2. The maximum Gasteiger partial charge on any atom is 0.230 e. The fraction of sp³-hybridized carbons (Fsp3) is 0.278. The van der Waals surface area contributed by atoms with Crippen LogP contribution in [0.5, 0.6) is 11.5 Å². The van der Waals surface area contributed by atoms with E-state index in [1.807, 2.05) is 30.3 Å². The standard InChI is InChI=1S/C18H18O3/c1-18(2,3)12-8-9-14-16(10-12)21-11-20-15-7-5-4-6-13(15)17(14)19/h4-10H,11H2,1-3H3. The molecule has 1 aliphatic rings. The summed E-state index contributed by atoms with van der Waals surface area (Å²) >= 11 is 0. The van der Waals surface area contributed by atoms with Crippen molar-refractivity contribution in [2.75, 3.05) is 6.79 Å². The normalized spacial score (nSPS) is 14.1. The summed E-state index contributed by atoms with van der Waals surface area (Å²) in [6.07, 6.45) is 0. The van der Waals surface area contributed by atoms with Crippen molar-refractivity contribution < 1.29 is 14.3 Å². The number of hydrogen-bond acceptors (Lipinski definition) is 3. The van der Waals surface area contributed by atoms with E-state index in [1.54, 1.807) is 12.1 Å². The lowest BCUT2D eigenvalue weighted by molar-refractivity contribution is 0.0945. The summed E-state index contributed by atoms with van der Waals surface area (Å²) in [5.74, 6) is 1.08. The molecular weight excluding hydrogens is 264 g/mol. The average molecular weight is 282 g/mol. The van der Waals surface area contributed by atoms with E-state index >= 15 is 0 Å². The molecule has 0 saturated heterocycles. The number of ether oxygens (including phenoxy) is 2. The van der Waals surface area contributed by atoms with E-state index in [2.05, 4.69) is 20.8 Å². The van der Waals surface area contributed by atoms with E-state index in [0.29, 0.717) is 22.6 Å². The van der Waals surface area contributed by atoms with Crippen molar-refractivity contribution >= 4 is 5.78 Å². The van der Waals surface area contributed by atoms with Gasteiger partial charge < -0.3 is 9.47 Å². The quantitative estimate of drug-likeness (QED) is 0.734. The molecule has 2 aromatic carbocycles. The van der Waals surface area contributed by atoms with Crippen LogP contribution in [-0.2, 0) is 5.41 Å². The predicted molar refractivity (Wildman–Crippen MR) is 81.1 cm³/mol. The van der Waals surface area contributed by atoms with Gasteiger partial charge in [-0.3, -0.25) is 4.79 Å². The number of carbonyl (C=O) groups is 1. The number of ketones is 1. The minimum Gasteiger partial charge on any atom is -0.457 e. The Labute approximate surface area is 124 Å². The number of hydrogen-bond donors (Lipinski definition) is 0. The molecule has 0 fully saturated rings. The Morgan fingerprint density at radius 2 is 1.57 bits per heavy atom. The fourth-order valence-corrected chi connectivity index (χ4v) is 2.38. The van der Waals surface area contributed by atoms with Crippen molar-refractivity contribution in [2.24, 2.45) is 0 Å². The second-order valence-electron chi connectivity index (χ2n) is 6.19. The zero-order chi connectivity index (χ0) is 15.0. The van der Waals surface area contributed by atoms with Gasteiger partial charge in [-0.2, -0.15) is 0 Å². The van der Waals surface area contributed by atoms with Crippen LogP contribution in [0.4, 0.5) is 0 Å². The molecule has 0 unspecified atom stereocenters. The highest BCUT2D eigenvalue weighted by Gasteiger charge is 2.23. The molecule has 0 saturated carbocycles. The van der Waals surface area contributed by atoms with E-state index in [4.69, 9.17) is 9.47 Å². The Kier molecular flexibility index (Phi) is 3.20. The van der Waals surface area contributed by atoms with Crippen molar-refractivity contribution in [3.63, 3.8) is 0 Å². The van der Waals surface area contributed by atoms with E-state index in [-0.39, 0.29) is 18.0 Å². The average Bonchev–Trinajstić information content (AvgIpc) is 2.44. The van der Waals surface area contributed by atoms with Crippen molar-refractivity contribution in [2.45, 2.75) is 26.2 Å². The number of para-hydroxylation sites is 1. The molecule has 0 aromatic heterocycles. The van der Waals surface area contributed by atoms with Crippen LogP contribution in [0.2, 0.25) is 0 Å². The molecule has 3 heteroatoms. The van der Waals surface area contributed by atoms with E-state index in [1.165, 1.54) is 0 Å². The first-order chi connectivity index (χ1) is 9.97. The third-order valence-corrected chi connectivity index (χ3v) is 3.65. The molecular formula is C18H18O3. The summed E-state index contributed by atoms with van der Waals surface area (Å²) in [5.41, 5.74) is 2.29. The Hall–Kier alpha value is -2.29. The van der Waals surface area contributed by atoms with Gasteiger partial charge >= 0.3 is 0 Å². The highest BCUT2D eigenvalue weighted by atomic mass is 16.7. The molecule has 1 heterocycles. The molecule has 0 amide bonds. The summed E-state index contributed by atoms with van der Waals surface area (Å²) in [6.45, 7) is 6.49. The van der Waals surface area contributed by atoms with Crippen LogP contribution < -0.4 is 9.47 Å². The first kappa shape index (κ1) is 13.7. The number of benzene rings is 2. The first-order valence-electron chi connectivity index (χ1n) is 7.01. The first-order valence-corrected chi connectivity index (χ1v) is 7.01. The van der Waals surface area contributed by atoms with Crippen LogP contribution in [0.25, 0.3) is 0 Å². The van der Waals surface area contributed by atoms with Crippen molar-refractivity contribution in [1.82, 2.24) is 0 Å². The van der Waals surface area contributed by atoms with Crippen LogP contribution in [0.1, 0.15) is 42.3 Å². The monoisotopic (exact) mass is 282 g/mol. The number of carbonyl (C=O) groups excluding carboxylic acids is 1. The molecule has 0 bridgehead atoms. The molecule has 0 atom stereocenters. The highest BCUT2D eigenvalue weighted by Crippen LogP contribution is 2.33. The molecule has 1 aliphatic heterocycles. The van der Waals surface area contributed by atoms with Crippen molar-refractivity contribution in [3.05, 3.63) is 59.2 Å². The van der Waals surface area contributed by atoms with Crippen molar-refractivity contribution in [1.29, 1.82) is 0 Å². The van der Waals surface area contributed by atoms with Gasteiger partial charge in [0, 0.05) is 0 Å². The summed E-state index contributed by atoms with van der Waals surface area (Å²) in [5, 5.41) is 0. The third kappa shape index (κ3) is 2.51. The molecule has 2 aromatic rings. The topological polar surface area (TPSA) is 35.5 Å². The molecule has 0 N–H and O–H groups in total. The second kappa shape index (κ2) is 4.92. The second-order valence-corrected chi connectivity index (χ2v) is 6.19. The zero-order valence-corrected chi connectivity index (χ0v) is 12.5. The van der Waals surface area contributed by atoms with E-state index < -0.39 is 0 Å². The number of fused-ring (bicyclic) bond motifs is 2. The predicted octanol–water partition coefficient (Wildman–Crippen LogP) is 3.94. The maximum atomic E-state index is 12.7. The minimum atomic E-state index is -0.0687. The lowest BCUT2D eigenvalue weighted by Crippen LogP contribution is -2.18. The van der Waals surface area contributed by atoms with Gasteiger partial charge in [0.1, 0.15) is 11.5 Å². The molecule has 0 aliphatic carbocycles. The Morgan fingerprint density at radius 3 is 2.33 bits per heavy atom. The van der Waals surface area contributed by atoms with Crippen LogP contribution in [0, 0.1) is 0 Å². The van der Waals surface area contributed by atoms with Crippen LogP contribution >= 0.6 is 0 Å². The highest BCUT2D eigenvalue weighted by molar-refractivity contribution is 6.12. The largest absolute Gasteiger partial charge is 0.457 e. The Balaban J connectivity index is 2.12.